The molecule has 1 saturated carbocycles. The fourth-order valence-corrected chi connectivity index (χ4v) is 3.26. The van der Waals surface area contributed by atoms with Crippen LogP contribution in [0.2, 0.25) is 0 Å². The van der Waals surface area contributed by atoms with Crippen molar-refractivity contribution in [3.63, 3.8) is 0 Å². The van der Waals surface area contributed by atoms with Crippen LogP contribution in [0.5, 0.6) is 0 Å². The van der Waals surface area contributed by atoms with Gasteiger partial charge in [-0.2, -0.15) is 5.10 Å². The molecule has 0 spiro atoms. The van der Waals surface area contributed by atoms with Crippen LogP contribution in [-0.2, 0) is 18.3 Å². The van der Waals surface area contributed by atoms with Gasteiger partial charge < -0.3 is 4.90 Å². The number of hydrogen-bond acceptors (Lipinski definition) is 2. The number of nitrogens with zero attached hydrogens (tertiary/aromatic N) is 3. The van der Waals surface area contributed by atoms with Crippen molar-refractivity contribution >= 4 is 5.91 Å². The van der Waals surface area contributed by atoms with Gasteiger partial charge in [-0.1, -0.05) is 19.1 Å². The summed E-state index contributed by atoms with van der Waals surface area (Å²) < 4.78 is 15.1. The first-order valence-electron chi connectivity index (χ1n) is 8.60. The van der Waals surface area contributed by atoms with Crippen molar-refractivity contribution in [1.29, 1.82) is 0 Å². The van der Waals surface area contributed by atoms with E-state index in [0.29, 0.717) is 18.9 Å². The topological polar surface area (TPSA) is 38.1 Å². The second-order valence-electron chi connectivity index (χ2n) is 6.60. The molecule has 0 saturated heterocycles. The van der Waals surface area contributed by atoms with E-state index in [0.717, 1.165) is 30.5 Å². The Morgan fingerprint density at radius 2 is 2.25 bits per heavy atom. The zero-order valence-corrected chi connectivity index (χ0v) is 14.3. The van der Waals surface area contributed by atoms with E-state index in [1.807, 2.05) is 30.4 Å². The Labute approximate surface area is 142 Å². The molecule has 1 aromatic heterocycles. The first-order chi connectivity index (χ1) is 11.6. The Hall–Kier alpha value is -2.17. The van der Waals surface area contributed by atoms with E-state index in [1.165, 1.54) is 6.07 Å². The standard InChI is InChI=1S/C19H24FN3O/c1-3-8-23(9-7-14-5-4-6-16(20)10-14)19(24)18-11-17(18)15-12-21-22(2)13-15/h4-6,10,12-13,17-18H,3,7-9,11H2,1-2H3/t17-,18-/m1/s1. The predicted octanol–water partition coefficient (Wildman–Crippen LogP) is 3.14. The lowest BCUT2D eigenvalue weighted by Gasteiger charge is -2.22. The minimum Gasteiger partial charge on any atom is -0.342 e. The molecule has 24 heavy (non-hydrogen) atoms. The lowest BCUT2D eigenvalue weighted by atomic mass is 10.1. The predicted molar refractivity (Wildman–Crippen MR) is 91.0 cm³/mol. The normalized spacial score (nSPS) is 19.3. The van der Waals surface area contributed by atoms with E-state index in [-0.39, 0.29) is 17.6 Å². The summed E-state index contributed by atoms with van der Waals surface area (Å²) in [5.41, 5.74) is 2.08. The van der Waals surface area contributed by atoms with E-state index in [4.69, 9.17) is 0 Å². The number of rotatable bonds is 7. The highest BCUT2D eigenvalue weighted by Crippen LogP contribution is 2.48. The first kappa shape index (κ1) is 16.7. The van der Waals surface area contributed by atoms with Crippen LogP contribution in [0.25, 0.3) is 0 Å². The van der Waals surface area contributed by atoms with Crippen LogP contribution < -0.4 is 0 Å². The number of hydrogen-bond donors (Lipinski definition) is 0. The number of carbonyl (C=O) groups excluding carboxylic acids is 1. The number of halogens is 1. The molecule has 0 aliphatic heterocycles. The zero-order chi connectivity index (χ0) is 17.1. The summed E-state index contributed by atoms with van der Waals surface area (Å²) in [7, 11) is 1.89. The van der Waals surface area contributed by atoms with Crippen LogP contribution >= 0.6 is 0 Å². The van der Waals surface area contributed by atoms with Crippen LogP contribution in [0.3, 0.4) is 0 Å². The van der Waals surface area contributed by atoms with Gasteiger partial charge in [0.1, 0.15) is 5.82 Å². The molecule has 1 heterocycles. The largest absolute Gasteiger partial charge is 0.342 e. The second kappa shape index (κ2) is 7.16. The molecule has 4 nitrogen and oxygen atoms in total. The second-order valence-corrected chi connectivity index (χ2v) is 6.60. The third-order valence-electron chi connectivity index (χ3n) is 4.63. The number of amides is 1. The maximum absolute atomic E-state index is 13.3. The first-order valence-corrected chi connectivity index (χ1v) is 8.60. The van der Waals surface area contributed by atoms with Gasteiger partial charge in [-0.25, -0.2) is 4.39 Å². The van der Waals surface area contributed by atoms with Crippen molar-refractivity contribution < 1.29 is 9.18 Å². The van der Waals surface area contributed by atoms with Gasteiger partial charge in [0.15, 0.2) is 0 Å². The highest BCUT2D eigenvalue weighted by Gasteiger charge is 2.46. The maximum atomic E-state index is 13.3. The average molecular weight is 329 g/mol. The van der Waals surface area contributed by atoms with E-state index < -0.39 is 0 Å². The molecule has 2 aromatic rings. The lowest BCUT2D eigenvalue weighted by Crippen LogP contribution is -2.35. The number of aryl methyl sites for hydroxylation is 1. The molecule has 0 bridgehead atoms. The summed E-state index contributed by atoms with van der Waals surface area (Å²) in [6, 6.07) is 6.62. The van der Waals surface area contributed by atoms with Gasteiger partial charge in [0, 0.05) is 32.3 Å². The summed E-state index contributed by atoms with van der Waals surface area (Å²) in [5.74, 6) is 0.384. The molecule has 128 valence electrons. The van der Waals surface area contributed by atoms with Crippen molar-refractivity contribution in [2.75, 3.05) is 13.1 Å². The minimum absolute atomic E-state index is 0.0771. The summed E-state index contributed by atoms with van der Waals surface area (Å²) in [6.45, 7) is 3.48. The quantitative estimate of drug-likeness (QED) is 0.783. The van der Waals surface area contributed by atoms with Gasteiger partial charge in [-0.3, -0.25) is 9.48 Å². The molecule has 3 rings (SSSR count). The van der Waals surface area contributed by atoms with Crippen LogP contribution in [0.1, 0.15) is 36.8 Å². The van der Waals surface area contributed by atoms with Crippen LogP contribution in [0.15, 0.2) is 36.7 Å². The van der Waals surface area contributed by atoms with Crippen molar-refractivity contribution in [1.82, 2.24) is 14.7 Å². The van der Waals surface area contributed by atoms with Crippen LogP contribution in [0.4, 0.5) is 4.39 Å². The molecule has 5 heteroatoms. The van der Waals surface area contributed by atoms with E-state index >= 15 is 0 Å². The molecule has 1 amide bonds. The number of benzene rings is 1. The van der Waals surface area contributed by atoms with Gasteiger partial charge in [0.2, 0.25) is 5.91 Å². The summed E-state index contributed by atoms with van der Waals surface area (Å²) in [4.78, 5) is 14.7. The zero-order valence-electron chi connectivity index (χ0n) is 14.3. The van der Waals surface area contributed by atoms with Gasteiger partial charge in [0.05, 0.1) is 6.20 Å². The highest BCUT2D eigenvalue weighted by atomic mass is 19.1. The fourth-order valence-electron chi connectivity index (χ4n) is 3.26. The van der Waals surface area contributed by atoms with Crippen LogP contribution in [0, 0.1) is 11.7 Å². The van der Waals surface area contributed by atoms with Gasteiger partial charge in [-0.05, 0) is 48.4 Å². The minimum atomic E-state index is -0.222. The van der Waals surface area contributed by atoms with Gasteiger partial charge in [0.25, 0.3) is 0 Å². The average Bonchev–Trinajstić information content (AvgIpc) is 3.25. The molecule has 0 N–H and O–H groups in total. The molecule has 1 aliphatic rings. The summed E-state index contributed by atoms with van der Waals surface area (Å²) >= 11 is 0. The Balaban J connectivity index is 1.60. The molecule has 1 fully saturated rings. The van der Waals surface area contributed by atoms with Crippen molar-refractivity contribution in [3.05, 3.63) is 53.6 Å². The van der Waals surface area contributed by atoms with Gasteiger partial charge in [-0.15, -0.1) is 0 Å². The Morgan fingerprint density at radius 3 is 2.92 bits per heavy atom. The van der Waals surface area contributed by atoms with Crippen LogP contribution in [-0.4, -0.2) is 33.7 Å². The Morgan fingerprint density at radius 1 is 1.42 bits per heavy atom. The SMILES string of the molecule is CCCN(CCc1cccc(F)c1)C(=O)[C@@H]1C[C@@H]1c1cnn(C)c1. The van der Waals surface area contributed by atoms with Crippen molar-refractivity contribution in [2.45, 2.75) is 32.1 Å². The smallest absolute Gasteiger partial charge is 0.226 e. The highest BCUT2D eigenvalue weighted by molar-refractivity contribution is 5.83. The lowest BCUT2D eigenvalue weighted by molar-refractivity contribution is -0.132. The summed E-state index contributed by atoms with van der Waals surface area (Å²) in [5, 5.41) is 4.19. The molecular formula is C19H24FN3O. The van der Waals surface area contributed by atoms with Gasteiger partial charge >= 0.3 is 0 Å². The Kier molecular flexibility index (Phi) is 4.97. The van der Waals surface area contributed by atoms with E-state index in [1.54, 1.807) is 16.8 Å². The fraction of sp³-hybridized carbons (Fsp3) is 0.474. The van der Waals surface area contributed by atoms with E-state index in [9.17, 15) is 9.18 Å². The molecule has 2 atom stereocenters. The maximum Gasteiger partial charge on any atom is 0.226 e. The number of carbonyl (C=O) groups is 1. The monoisotopic (exact) mass is 329 g/mol. The third-order valence-corrected chi connectivity index (χ3v) is 4.63. The molecule has 1 aromatic carbocycles. The number of aromatic nitrogens is 2. The van der Waals surface area contributed by atoms with Crippen molar-refractivity contribution in [3.8, 4) is 0 Å². The van der Waals surface area contributed by atoms with E-state index in [2.05, 4.69) is 12.0 Å². The molecule has 0 unspecified atom stereocenters. The molecule has 1 aliphatic carbocycles. The Bertz CT molecular complexity index is 712. The molecular weight excluding hydrogens is 305 g/mol. The molecule has 0 radical (unpaired) electrons. The third kappa shape index (κ3) is 3.83. The summed E-state index contributed by atoms with van der Waals surface area (Å²) in [6.07, 6.45) is 6.38. The van der Waals surface area contributed by atoms with Crippen molar-refractivity contribution in [2.24, 2.45) is 13.0 Å².